The number of halogens is 1. The number of hydrogen-bond donors (Lipinski definition) is 2. The lowest BCUT2D eigenvalue weighted by Crippen LogP contribution is -2.50. The van der Waals surface area contributed by atoms with E-state index in [1.54, 1.807) is 0 Å². The van der Waals surface area contributed by atoms with Crippen LogP contribution in [0.25, 0.3) is 0 Å². The van der Waals surface area contributed by atoms with E-state index in [0.29, 0.717) is 12.8 Å². The van der Waals surface area contributed by atoms with E-state index < -0.39 is 11.5 Å². The van der Waals surface area contributed by atoms with Crippen molar-refractivity contribution in [3.05, 3.63) is 28.7 Å². The molecule has 1 saturated carbocycles. The standard InChI is InChI=1S/C15H20BrNO2/c1-14(2)6-8-15(9-7-14,13(18)19)17-12-5-3-4-11(16)10-12/h3-5,10,17H,6-9H2,1-2H3,(H,18,19). The Morgan fingerprint density at radius 1 is 1.26 bits per heavy atom. The van der Waals surface area contributed by atoms with Gasteiger partial charge in [-0.25, -0.2) is 4.79 Å². The van der Waals surface area contributed by atoms with Crippen LogP contribution in [0.3, 0.4) is 0 Å². The van der Waals surface area contributed by atoms with Crippen LogP contribution in [0.1, 0.15) is 39.5 Å². The van der Waals surface area contributed by atoms with Gasteiger partial charge in [-0.05, 0) is 49.3 Å². The Morgan fingerprint density at radius 3 is 2.42 bits per heavy atom. The van der Waals surface area contributed by atoms with E-state index in [-0.39, 0.29) is 5.41 Å². The lowest BCUT2D eigenvalue weighted by atomic mass is 9.69. The SMILES string of the molecule is CC1(C)CCC(Nc2cccc(Br)c2)(C(=O)O)CC1. The Balaban J connectivity index is 2.20. The van der Waals surface area contributed by atoms with E-state index in [2.05, 4.69) is 35.1 Å². The van der Waals surface area contributed by atoms with Gasteiger partial charge in [-0.2, -0.15) is 0 Å². The second kappa shape index (κ2) is 5.16. The van der Waals surface area contributed by atoms with Gasteiger partial charge in [0.25, 0.3) is 0 Å². The minimum Gasteiger partial charge on any atom is -0.480 e. The molecule has 1 aliphatic carbocycles. The first-order valence-corrected chi connectivity index (χ1v) is 7.40. The van der Waals surface area contributed by atoms with Crippen molar-refractivity contribution in [1.82, 2.24) is 0 Å². The van der Waals surface area contributed by atoms with Crippen molar-refractivity contribution in [2.45, 2.75) is 45.1 Å². The molecule has 0 amide bonds. The normalized spacial score (nSPS) is 20.8. The van der Waals surface area contributed by atoms with Crippen molar-refractivity contribution in [3.63, 3.8) is 0 Å². The first-order chi connectivity index (χ1) is 8.83. The van der Waals surface area contributed by atoms with Crippen molar-refractivity contribution < 1.29 is 9.90 Å². The number of benzene rings is 1. The van der Waals surface area contributed by atoms with E-state index in [9.17, 15) is 9.90 Å². The van der Waals surface area contributed by atoms with Gasteiger partial charge >= 0.3 is 5.97 Å². The summed E-state index contributed by atoms with van der Waals surface area (Å²) in [7, 11) is 0. The fourth-order valence-electron chi connectivity index (χ4n) is 2.59. The third-order valence-corrected chi connectivity index (χ3v) is 4.57. The Bertz CT molecular complexity index is 475. The monoisotopic (exact) mass is 325 g/mol. The van der Waals surface area contributed by atoms with E-state index in [1.807, 2.05) is 24.3 Å². The Kier molecular flexibility index (Phi) is 3.90. The van der Waals surface area contributed by atoms with Crippen LogP contribution >= 0.6 is 15.9 Å². The maximum Gasteiger partial charge on any atom is 0.329 e. The van der Waals surface area contributed by atoms with E-state index >= 15 is 0 Å². The largest absolute Gasteiger partial charge is 0.480 e. The fraction of sp³-hybridized carbons (Fsp3) is 0.533. The second-order valence-electron chi connectivity index (χ2n) is 6.19. The number of rotatable bonds is 3. The number of anilines is 1. The van der Waals surface area contributed by atoms with E-state index in [0.717, 1.165) is 23.0 Å². The van der Waals surface area contributed by atoms with Crippen LogP contribution in [0.2, 0.25) is 0 Å². The molecule has 0 aromatic heterocycles. The van der Waals surface area contributed by atoms with Gasteiger partial charge in [-0.15, -0.1) is 0 Å². The number of carboxylic acids is 1. The Morgan fingerprint density at radius 2 is 1.89 bits per heavy atom. The molecule has 1 aromatic carbocycles. The molecule has 0 atom stereocenters. The number of carboxylic acid groups (broad SMARTS) is 1. The van der Waals surface area contributed by atoms with Crippen molar-refractivity contribution in [2.75, 3.05) is 5.32 Å². The van der Waals surface area contributed by atoms with Crippen molar-refractivity contribution >= 4 is 27.6 Å². The summed E-state index contributed by atoms with van der Waals surface area (Å²) in [5.74, 6) is -0.747. The molecule has 0 aliphatic heterocycles. The quantitative estimate of drug-likeness (QED) is 0.871. The molecule has 1 aromatic rings. The van der Waals surface area contributed by atoms with E-state index in [1.165, 1.54) is 0 Å². The highest BCUT2D eigenvalue weighted by Crippen LogP contribution is 2.42. The molecule has 4 heteroatoms. The zero-order valence-electron chi connectivity index (χ0n) is 11.4. The van der Waals surface area contributed by atoms with E-state index in [4.69, 9.17) is 0 Å². The third kappa shape index (κ3) is 3.30. The highest BCUT2D eigenvalue weighted by atomic mass is 79.9. The molecule has 2 rings (SSSR count). The molecule has 0 heterocycles. The van der Waals surface area contributed by atoms with Gasteiger partial charge in [0.05, 0.1) is 0 Å². The van der Waals surface area contributed by atoms with Gasteiger partial charge in [-0.3, -0.25) is 0 Å². The summed E-state index contributed by atoms with van der Waals surface area (Å²) in [6, 6.07) is 7.68. The Labute approximate surface area is 122 Å². The lowest BCUT2D eigenvalue weighted by molar-refractivity contribution is -0.144. The number of carbonyl (C=O) groups is 1. The molecule has 1 fully saturated rings. The first kappa shape index (κ1) is 14.4. The molecule has 0 unspecified atom stereocenters. The molecule has 2 N–H and O–H groups in total. The molecule has 19 heavy (non-hydrogen) atoms. The van der Waals surface area contributed by atoms with Gasteiger partial charge in [-0.1, -0.05) is 35.8 Å². The fourth-order valence-corrected chi connectivity index (χ4v) is 2.99. The van der Waals surface area contributed by atoms with Crippen LogP contribution in [0.4, 0.5) is 5.69 Å². The number of nitrogens with one attached hydrogen (secondary N) is 1. The highest BCUT2D eigenvalue weighted by molar-refractivity contribution is 9.10. The summed E-state index contributed by atoms with van der Waals surface area (Å²) >= 11 is 3.41. The predicted molar refractivity (Wildman–Crippen MR) is 80.4 cm³/mol. The third-order valence-electron chi connectivity index (χ3n) is 4.07. The van der Waals surface area contributed by atoms with Crippen LogP contribution in [0.5, 0.6) is 0 Å². The highest BCUT2D eigenvalue weighted by Gasteiger charge is 2.44. The Hall–Kier alpha value is -1.03. The minimum absolute atomic E-state index is 0.248. The second-order valence-corrected chi connectivity index (χ2v) is 7.10. The van der Waals surface area contributed by atoms with Gasteiger partial charge < -0.3 is 10.4 Å². The maximum absolute atomic E-state index is 11.7. The minimum atomic E-state index is -0.823. The molecule has 0 bridgehead atoms. The summed E-state index contributed by atoms with van der Waals surface area (Å²) in [5, 5.41) is 12.9. The van der Waals surface area contributed by atoms with Crippen LogP contribution < -0.4 is 5.32 Å². The summed E-state index contributed by atoms with van der Waals surface area (Å²) in [4.78, 5) is 11.7. The van der Waals surface area contributed by atoms with Crippen molar-refractivity contribution in [2.24, 2.45) is 5.41 Å². The average molecular weight is 326 g/mol. The van der Waals surface area contributed by atoms with Crippen LogP contribution in [0, 0.1) is 5.41 Å². The van der Waals surface area contributed by atoms with Gasteiger partial charge in [0.2, 0.25) is 0 Å². The predicted octanol–water partition coefficient (Wildman–Crippen LogP) is 4.28. The molecular weight excluding hydrogens is 306 g/mol. The molecule has 0 radical (unpaired) electrons. The molecule has 104 valence electrons. The lowest BCUT2D eigenvalue weighted by Gasteiger charge is -2.41. The zero-order valence-corrected chi connectivity index (χ0v) is 13.0. The smallest absolute Gasteiger partial charge is 0.329 e. The van der Waals surface area contributed by atoms with Gasteiger partial charge in [0.15, 0.2) is 0 Å². The molecular formula is C15H20BrNO2. The van der Waals surface area contributed by atoms with Gasteiger partial charge in [0.1, 0.15) is 5.54 Å². The maximum atomic E-state index is 11.7. The van der Waals surface area contributed by atoms with Crippen LogP contribution in [-0.4, -0.2) is 16.6 Å². The van der Waals surface area contributed by atoms with Crippen molar-refractivity contribution in [1.29, 1.82) is 0 Å². The summed E-state index contributed by atoms with van der Waals surface area (Å²) in [6.07, 6.45) is 3.20. The first-order valence-electron chi connectivity index (χ1n) is 6.60. The van der Waals surface area contributed by atoms with Gasteiger partial charge in [0, 0.05) is 10.2 Å². The number of hydrogen-bond acceptors (Lipinski definition) is 2. The number of aliphatic carboxylic acids is 1. The van der Waals surface area contributed by atoms with Crippen LogP contribution in [0.15, 0.2) is 28.7 Å². The summed E-state index contributed by atoms with van der Waals surface area (Å²) in [6.45, 7) is 4.41. The molecule has 0 saturated heterocycles. The summed E-state index contributed by atoms with van der Waals surface area (Å²) in [5.41, 5.74) is 0.283. The summed E-state index contributed by atoms with van der Waals surface area (Å²) < 4.78 is 0.953. The van der Waals surface area contributed by atoms with Crippen molar-refractivity contribution in [3.8, 4) is 0 Å². The van der Waals surface area contributed by atoms with Crippen LogP contribution in [-0.2, 0) is 4.79 Å². The average Bonchev–Trinajstić information content (AvgIpc) is 2.32. The zero-order chi connectivity index (χ0) is 14.1. The molecule has 3 nitrogen and oxygen atoms in total. The topological polar surface area (TPSA) is 49.3 Å². The molecule has 1 aliphatic rings. The molecule has 0 spiro atoms.